The second kappa shape index (κ2) is 7.29. The third kappa shape index (κ3) is 3.82. The van der Waals surface area contributed by atoms with Crippen LogP contribution in [0.15, 0.2) is 40.0 Å². The van der Waals surface area contributed by atoms with Crippen LogP contribution < -0.4 is 4.74 Å². The molecule has 2 aromatic heterocycles. The van der Waals surface area contributed by atoms with Gasteiger partial charge in [0.15, 0.2) is 3.95 Å². The highest BCUT2D eigenvalue weighted by atomic mass is 32.2. The van der Waals surface area contributed by atoms with Crippen LogP contribution in [0.25, 0.3) is 10.8 Å². The summed E-state index contributed by atoms with van der Waals surface area (Å²) in [7, 11) is 1.94. The molecule has 0 aliphatic carbocycles. The molecule has 0 saturated heterocycles. The summed E-state index contributed by atoms with van der Waals surface area (Å²) in [6.45, 7) is 2.57. The second-order valence-electron chi connectivity index (χ2n) is 4.72. The van der Waals surface area contributed by atoms with E-state index in [4.69, 9.17) is 21.4 Å². The van der Waals surface area contributed by atoms with Gasteiger partial charge in [-0.25, -0.2) is 0 Å². The molecule has 0 aliphatic rings. The van der Waals surface area contributed by atoms with Gasteiger partial charge in [0.25, 0.3) is 11.1 Å². The first-order chi connectivity index (χ1) is 11.1. The summed E-state index contributed by atoms with van der Waals surface area (Å²) in [5.74, 6) is 2.12. The number of nitrogens with zero attached hydrogens (tertiary/aromatic N) is 3. The molecule has 23 heavy (non-hydrogen) atoms. The zero-order valence-electron chi connectivity index (χ0n) is 12.7. The van der Waals surface area contributed by atoms with E-state index >= 15 is 0 Å². The number of para-hydroxylation sites is 1. The Balaban J connectivity index is 1.57. The molecule has 0 radical (unpaired) electrons. The normalized spacial score (nSPS) is 10.9. The molecule has 0 bridgehead atoms. The van der Waals surface area contributed by atoms with E-state index in [1.807, 2.05) is 48.9 Å². The van der Waals surface area contributed by atoms with Crippen molar-refractivity contribution in [2.45, 2.75) is 12.1 Å². The molecule has 120 valence electrons. The van der Waals surface area contributed by atoms with Crippen molar-refractivity contribution in [3.8, 4) is 16.5 Å². The number of hydrogen-bond acceptors (Lipinski definition) is 7. The Morgan fingerprint density at radius 2 is 2.09 bits per heavy atom. The van der Waals surface area contributed by atoms with Gasteiger partial charge in [-0.3, -0.25) is 0 Å². The maximum absolute atomic E-state index is 5.71. The van der Waals surface area contributed by atoms with E-state index in [-0.39, 0.29) is 0 Å². The fraction of sp³-hybridized carbons (Fsp3) is 0.267. The van der Waals surface area contributed by atoms with E-state index in [1.165, 1.54) is 23.1 Å². The molecule has 0 amide bonds. The summed E-state index contributed by atoms with van der Waals surface area (Å²) in [6, 6.07) is 9.72. The Kier molecular flexibility index (Phi) is 5.14. The van der Waals surface area contributed by atoms with E-state index in [1.54, 1.807) is 0 Å². The molecule has 1 aromatic carbocycles. The van der Waals surface area contributed by atoms with Gasteiger partial charge in [-0.2, -0.15) is 0 Å². The van der Waals surface area contributed by atoms with Gasteiger partial charge in [0, 0.05) is 18.5 Å². The summed E-state index contributed by atoms with van der Waals surface area (Å²) in [6.07, 6.45) is 0. The average molecular weight is 366 g/mol. The number of ether oxygens (including phenoxy) is 1. The van der Waals surface area contributed by atoms with Gasteiger partial charge in [0.1, 0.15) is 10.6 Å². The maximum atomic E-state index is 5.71. The molecule has 8 heteroatoms. The lowest BCUT2D eigenvalue weighted by Gasteiger charge is -2.03. The van der Waals surface area contributed by atoms with Gasteiger partial charge in [-0.1, -0.05) is 41.3 Å². The number of thiazole rings is 1. The Bertz CT molecular complexity index is 839. The summed E-state index contributed by atoms with van der Waals surface area (Å²) >= 11 is 8.23. The summed E-state index contributed by atoms with van der Waals surface area (Å²) < 4.78 is 14.1. The third-order valence-electron chi connectivity index (χ3n) is 3.22. The monoisotopic (exact) mass is 365 g/mol. The predicted molar refractivity (Wildman–Crippen MR) is 94.8 cm³/mol. The number of rotatable bonds is 6. The molecule has 0 unspecified atom stereocenters. The van der Waals surface area contributed by atoms with Crippen molar-refractivity contribution in [2.24, 2.45) is 7.05 Å². The van der Waals surface area contributed by atoms with Crippen LogP contribution in [0.2, 0.25) is 0 Å². The number of aromatic nitrogens is 3. The molecular formula is C15H15N3O2S3. The zero-order chi connectivity index (χ0) is 16.2. The highest BCUT2D eigenvalue weighted by Gasteiger charge is 2.15. The molecule has 0 fully saturated rings. The Morgan fingerprint density at radius 3 is 2.78 bits per heavy atom. The van der Waals surface area contributed by atoms with Crippen LogP contribution in [-0.2, 0) is 7.05 Å². The van der Waals surface area contributed by atoms with Crippen molar-refractivity contribution in [3.63, 3.8) is 0 Å². The van der Waals surface area contributed by atoms with Gasteiger partial charge in [0.05, 0.1) is 6.61 Å². The second-order valence-corrected chi connectivity index (χ2v) is 7.41. The van der Waals surface area contributed by atoms with Crippen LogP contribution in [0.4, 0.5) is 0 Å². The Morgan fingerprint density at radius 1 is 1.30 bits per heavy atom. The number of benzene rings is 1. The largest absolute Gasteiger partial charge is 0.493 e. The molecule has 3 aromatic rings. The van der Waals surface area contributed by atoms with Crippen LogP contribution in [0, 0.1) is 10.9 Å². The lowest BCUT2D eigenvalue weighted by atomic mass is 10.3. The molecule has 2 heterocycles. The van der Waals surface area contributed by atoms with E-state index in [2.05, 4.69) is 10.2 Å². The molecule has 3 rings (SSSR count). The van der Waals surface area contributed by atoms with Gasteiger partial charge in [-0.15, -0.1) is 10.2 Å². The average Bonchev–Trinajstić information content (AvgIpc) is 3.13. The third-order valence-corrected chi connectivity index (χ3v) is 5.65. The van der Waals surface area contributed by atoms with Crippen molar-refractivity contribution in [2.75, 3.05) is 12.4 Å². The van der Waals surface area contributed by atoms with Crippen LogP contribution in [0.1, 0.15) is 5.69 Å². The highest BCUT2D eigenvalue weighted by molar-refractivity contribution is 7.99. The van der Waals surface area contributed by atoms with Gasteiger partial charge in [-0.05, 0) is 31.3 Å². The molecule has 0 N–H and O–H groups in total. The van der Waals surface area contributed by atoms with E-state index in [0.717, 1.165) is 26.0 Å². The fourth-order valence-electron chi connectivity index (χ4n) is 1.88. The van der Waals surface area contributed by atoms with Gasteiger partial charge >= 0.3 is 0 Å². The minimum atomic E-state index is 0.519. The molecule has 5 nitrogen and oxygen atoms in total. The summed E-state index contributed by atoms with van der Waals surface area (Å²) in [5.41, 5.74) is 1.03. The van der Waals surface area contributed by atoms with E-state index in [0.29, 0.717) is 17.7 Å². The van der Waals surface area contributed by atoms with E-state index < -0.39 is 0 Å². The van der Waals surface area contributed by atoms with Crippen LogP contribution in [0.3, 0.4) is 0 Å². The smallest absolute Gasteiger partial charge is 0.277 e. The maximum Gasteiger partial charge on any atom is 0.277 e. The first kappa shape index (κ1) is 16.2. The van der Waals surface area contributed by atoms with Crippen molar-refractivity contribution in [1.29, 1.82) is 0 Å². The van der Waals surface area contributed by atoms with Crippen LogP contribution in [-0.4, -0.2) is 27.1 Å². The number of thioether (sulfide) groups is 1. The van der Waals surface area contributed by atoms with Crippen molar-refractivity contribution >= 4 is 35.3 Å². The zero-order valence-corrected chi connectivity index (χ0v) is 15.1. The van der Waals surface area contributed by atoms with Crippen LogP contribution >= 0.6 is 35.3 Å². The molecule has 0 aliphatic heterocycles. The van der Waals surface area contributed by atoms with Crippen LogP contribution in [0.5, 0.6) is 5.75 Å². The first-order valence-corrected chi connectivity index (χ1v) is 9.17. The quantitative estimate of drug-likeness (QED) is 0.368. The van der Waals surface area contributed by atoms with E-state index in [9.17, 15) is 0 Å². The first-order valence-electron chi connectivity index (χ1n) is 6.96. The lowest BCUT2D eigenvalue weighted by Crippen LogP contribution is -1.99. The van der Waals surface area contributed by atoms with Gasteiger partial charge in [0.2, 0.25) is 0 Å². The summed E-state index contributed by atoms with van der Waals surface area (Å²) in [5, 5.41) is 8.72. The number of hydrogen-bond donors (Lipinski definition) is 0. The van der Waals surface area contributed by atoms with Crippen molar-refractivity contribution < 1.29 is 9.15 Å². The highest BCUT2D eigenvalue weighted by Crippen LogP contribution is 2.30. The predicted octanol–water partition coefficient (Wildman–Crippen LogP) is 4.35. The van der Waals surface area contributed by atoms with Gasteiger partial charge < -0.3 is 13.7 Å². The lowest BCUT2D eigenvalue weighted by molar-refractivity contribution is 0.343. The Labute approximate surface area is 147 Å². The minimum absolute atomic E-state index is 0.519. The Hall–Kier alpha value is -1.64. The standard InChI is InChI=1S/C15H15N3O2S3/c1-10-12(23-15(21)18(10)2)13-16-17-14(20-13)22-9-8-19-11-6-4-3-5-7-11/h3-7H,8-9H2,1-2H3. The molecular weight excluding hydrogens is 350 g/mol. The topological polar surface area (TPSA) is 53.1 Å². The minimum Gasteiger partial charge on any atom is -0.493 e. The summed E-state index contributed by atoms with van der Waals surface area (Å²) in [4.78, 5) is 0.928. The molecule has 0 saturated carbocycles. The molecule has 0 spiro atoms. The van der Waals surface area contributed by atoms with Crippen molar-refractivity contribution in [3.05, 3.63) is 40.0 Å². The molecule has 0 atom stereocenters. The van der Waals surface area contributed by atoms with Crippen molar-refractivity contribution in [1.82, 2.24) is 14.8 Å². The SMILES string of the molecule is Cc1c(-c2nnc(SCCOc3ccccc3)o2)sc(=S)n1C. The fourth-order valence-corrected chi connectivity index (χ4v) is 3.75.